The molecule has 0 saturated heterocycles. The minimum Gasteiger partial charge on any atom is -0.309 e. The lowest BCUT2D eigenvalue weighted by atomic mass is 10.0. The fourth-order valence-electron chi connectivity index (χ4n) is 22.4. The molecule has 0 fully saturated rings. The Bertz CT molecular complexity index is 10300. The summed E-state index contributed by atoms with van der Waals surface area (Å²) in [5.74, 6) is 0. The monoisotopic (exact) mass is 1840 g/mol. The molecule has 12 nitrogen and oxygen atoms in total. The molecule has 0 atom stereocenters. The van der Waals surface area contributed by atoms with Crippen LogP contribution in [0, 0.1) is 0 Å². The van der Waals surface area contributed by atoms with E-state index in [2.05, 4.69) is 506 Å². The molecule has 12 heteroatoms. The largest absolute Gasteiger partial charge is 0.309 e. The second-order valence-electron chi connectivity index (χ2n) is 36.6. The highest BCUT2D eigenvalue weighted by Crippen LogP contribution is 2.50. The van der Waals surface area contributed by atoms with E-state index >= 15 is 0 Å². The van der Waals surface area contributed by atoms with Gasteiger partial charge in [-0.05, 0) is 145 Å². The lowest BCUT2D eigenvalue weighted by molar-refractivity contribution is 1.17. The molecular formula is C132H84N12. The number of para-hydroxylation sites is 11. The van der Waals surface area contributed by atoms with Gasteiger partial charge in [0.2, 0.25) is 0 Å². The Morgan fingerprint density at radius 1 is 0.153 bits per heavy atom. The van der Waals surface area contributed by atoms with Crippen LogP contribution in [0.4, 0.5) is 0 Å². The Hall–Kier alpha value is -19.6. The van der Waals surface area contributed by atoms with Crippen LogP contribution in [0.5, 0.6) is 0 Å². The summed E-state index contributed by atoms with van der Waals surface area (Å²) < 4.78 is 14.5. The van der Waals surface area contributed by atoms with Gasteiger partial charge in [0.25, 0.3) is 0 Å². The van der Waals surface area contributed by atoms with Gasteiger partial charge in [-0.2, -0.15) is 0 Å². The molecule has 0 radical (unpaired) electrons. The minimum atomic E-state index is 0.858. The maximum absolute atomic E-state index is 5.47. The molecule has 30 aromatic rings. The molecule has 144 heavy (non-hydrogen) atoms. The van der Waals surface area contributed by atoms with Crippen LogP contribution in [0.2, 0.25) is 0 Å². The van der Waals surface area contributed by atoms with Crippen molar-refractivity contribution in [1.82, 2.24) is 57.3 Å². The van der Waals surface area contributed by atoms with E-state index in [1.165, 1.54) is 103 Å². The number of hydrogen-bond donors (Lipinski definition) is 0. The van der Waals surface area contributed by atoms with Gasteiger partial charge in [0, 0.05) is 133 Å². The van der Waals surface area contributed by atoms with Gasteiger partial charge < -0.3 is 27.4 Å². The van der Waals surface area contributed by atoms with Crippen LogP contribution < -0.4 is 0 Å². The summed E-state index contributed by atoms with van der Waals surface area (Å²) in [5.41, 5.74) is 38.1. The first-order valence-electron chi connectivity index (χ1n) is 48.8. The standard InChI is InChI=1S/C50H32N4.C44H28N4.C38H24N4/c1-4-16-33(17-5-1)47-48(34-18-6-2-7-19-34)52-49-38(26-15-27-42(49)51-47)35-20-14-23-37(32-35)53-44-29-13-11-25-41(44)46-45(53)31-30-40-39-24-10-12-28-43(39)54(50(40)46)36-21-8-3-9-22-36;1-4-15-29(16-5-1)41-42(30-17-6-2-7-18-30)46-43-35(45-41)23-14-26-39(43)48-37-25-13-11-22-34(37)40-38(48)28-27-33-32-21-10-12-24-36(32)47(44(33)40)31-19-8-3-9-20-31;1-3-11-25(12-4-1)30-23-31-32(40-22-21-39-31)24-36(30)42-34-18-10-8-16-29(34)37-35(42)20-19-28-27-15-7-9-17-33(27)41(38(28)37)26-13-5-2-6-14-26/h1-32H;1-28H;1-24H. The van der Waals surface area contributed by atoms with Crippen LogP contribution in [0.25, 0.3) is 265 Å². The first-order chi connectivity index (χ1) is 71.5. The van der Waals surface area contributed by atoms with Crippen LogP contribution >= 0.6 is 0 Å². The van der Waals surface area contributed by atoms with Gasteiger partial charge in [0.05, 0.1) is 128 Å². The number of fused-ring (bicyclic) bond motifs is 24. The second-order valence-corrected chi connectivity index (χ2v) is 36.6. The van der Waals surface area contributed by atoms with Crippen molar-refractivity contribution in [2.75, 3.05) is 0 Å². The quantitative estimate of drug-likeness (QED) is 0.121. The van der Waals surface area contributed by atoms with Crippen LogP contribution in [0.1, 0.15) is 0 Å². The third-order valence-corrected chi connectivity index (χ3v) is 28.6. The molecule has 0 amide bonds. The van der Waals surface area contributed by atoms with E-state index in [0.29, 0.717) is 0 Å². The van der Waals surface area contributed by atoms with E-state index in [0.717, 1.165) is 162 Å². The molecule has 30 rings (SSSR count). The third kappa shape index (κ3) is 13.4. The molecule has 21 aromatic carbocycles. The van der Waals surface area contributed by atoms with Crippen molar-refractivity contribution in [3.8, 4) is 101 Å². The van der Waals surface area contributed by atoms with Crippen molar-refractivity contribution in [2.45, 2.75) is 0 Å². The number of rotatable bonds is 12. The second kappa shape index (κ2) is 34.3. The van der Waals surface area contributed by atoms with Crippen molar-refractivity contribution in [1.29, 1.82) is 0 Å². The summed E-state index contributed by atoms with van der Waals surface area (Å²) in [6.07, 6.45) is 3.53. The molecular weight excluding hydrogens is 1750 g/mol. The lowest BCUT2D eigenvalue weighted by Crippen LogP contribution is -2.01. The van der Waals surface area contributed by atoms with E-state index < -0.39 is 0 Å². The fraction of sp³-hybridized carbons (Fsp3) is 0. The molecule has 0 N–H and O–H groups in total. The Morgan fingerprint density at radius 3 is 0.868 bits per heavy atom. The van der Waals surface area contributed by atoms with E-state index in [1.807, 2.05) is 24.3 Å². The Balaban J connectivity index is 0.000000106. The average Bonchev–Trinajstić information content (AvgIpc) is 1.56. The molecule has 0 saturated carbocycles. The maximum Gasteiger partial charge on any atom is 0.113 e. The summed E-state index contributed by atoms with van der Waals surface area (Å²) in [4.78, 5) is 30.8. The SMILES string of the molecule is c1ccc(-c2cc3nccnc3cc2-n2c3ccccc3c3c2ccc2c4ccccc4n(-c4ccccc4)c23)cc1.c1ccc(-c2nc3cccc(-c4cccc(-n5c6ccccc6c6c5ccc5c7ccccc7n(-c7ccccc7)c56)c4)c3nc2-c2ccccc2)cc1.c1ccc(-c2nc3cccc(-n4c5ccccc5c5c4ccc4c6ccccc6n(-c6ccccc6)c45)c3nc2-c2ccccc2)cc1. The average molecular weight is 1840 g/mol. The van der Waals surface area contributed by atoms with Crippen LogP contribution in [0.15, 0.2) is 510 Å². The molecule has 0 spiro atoms. The highest BCUT2D eigenvalue weighted by molar-refractivity contribution is 6.30. The summed E-state index contributed by atoms with van der Waals surface area (Å²) in [6.45, 7) is 0. The molecule has 0 unspecified atom stereocenters. The van der Waals surface area contributed by atoms with Gasteiger partial charge in [-0.15, -0.1) is 0 Å². The smallest absolute Gasteiger partial charge is 0.113 e. The van der Waals surface area contributed by atoms with E-state index in [4.69, 9.17) is 24.9 Å². The fourth-order valence-corrected chi connectivity index (χ4v) is 22.4. The predicted octanol–water partition coefficient (Wildman–Crippen LogP) is 33.5. The zero-order valence-electron chi connectivity index (χ0n) is 77.9. The Morgan fingerprint density at radius 2 is 0.451 bits per heavy atom. The predicted molar refractivity (Wildman–Crippen MR) is 597 cm³/mol. The first-order valence-corrected chi connectivity index (χ1v) is 48.8. The number of benzene rings is 21. The molecule has 0 bridgehead atoms. The van der Waals surface area contributed by atoms with Crippen molar-refractivity contribution in [2.24, 2.45) is 0 Å². The van der Waals surface area contributed by atoms with E-state index in [9.17, 15) is 0 Å². The zero-order chi connectivity index (χ0) is 94.8. The van der Waals surface area contributed by atoms with Crippen molar-refractivity contribution >= 4 is 164 Å². The summed E-state index contributed by atoms with van der Waals surface area (Å²) in [7, 11) is 0. The summed E-state index contributed by atoms with van der Waals surface area (Å²) >= 11 is 0. The third-order valence-electron chi connectivity index (χ3n) is 28.6. The number of aromatic nitrogens is 12. The van der Waals surface area contributed by atoms with Gasteiger partial charge in [0.1, 0.15) is 5.52 Å². The van der Waals surface area contributed by atoms with Gasteiger partial charge in [-0.3, -0.25) is 9.97 Å². The molecule has 0 aliphatic rings. The molecule has 0 aliphatic carbocycles. The van der Waals surface area contributed by atoms with Crippen molar-refractivity contribution < 1.29 is 0 Å². The van der Waals surface area contributed by atoms with Gasteiger partial charge >= 0.3 is 0 Å². The number of nitrogens with zero attached hydrogens (tertiary/aromatic N) is 12. The van der Waals surface area contributed by atoms with E-state index in [1.54, 1.807) is 12.4 Å². The van der Waals surface area contributed by atoms with Gasteiger partial charge in [-0.25, -0.2) is 19.9 Å². The normalized spacial score (nSPS) is 11.8. The van der Waals surface area contributed by atoms with Crippen LogP contribution in [-0.4, -0.2) is 57.3 Å². The van der Waals surface area contributed by atoms with Crippen LogP contribution in [-0.2, 0) is 0 Å². The van der Waals surface area contributed by atoms with Crippen LogP contribution in [0.3, 0.4) is 0 Å². The molecule has 0 aliphatic heterocycles. The first kappa shape index (κ1) is 82.7. The Kier molecular flexibility index (Phi) is 19.7. The highest BCUT2D eigenvalue weighted by atomic mass is 15.1. The van der Waals surface area contributed by atoms with E-state index in [-0.39, 0.29) is 0 Å². The van der Waals surface area contributed by atoms with Gasteiger partial charge in [0.15, 0.2) is 0 Å². The molecule has 9 heterocycles. The van der Waals surface area contributed by atoms with Gasteiger partial charge in [-0.1, -0.05) is 364 Å². The molecule has 9 aromatic heterocycles. The lowest BCUT2D eigenvalue weighted by Gasteiger charge is -2.15. The van der Waals surface area contributed by atoms with Crippen molar-refractivity contribution in [3.05, 3.63) is 510 Å². The summed E-state index contributed by atoms with van der Waals surface area (Å²) in [5, 5.41) is 14.8. The Labute approximate surface area is 826 Å². The minimum absolute atomic E-state index is 0.858. The molecule has 672 valence electrons. The zero-order valence-corrected chi connectivity index (χ0v) is 77.9. The maximum atomic E-state index is 5.47. The summed E-state index contributed by atoms with van der Waals surface area (Å²) in [6, 6.07) is 176. The number of hydrogen-bond acceptors (Lipinski definition) is 6. The highest BCUT2D eigenvalue weighted by Gasteiger charge is 2.29. The van der Waals surface area contributed by atoms with Crippen molar-refractivity contribution in [3.63, 3.8) is 0 Å². The topological polar surface area (TPSA) is 107 Å².